The van der Waals surface area contributed by atoms with E-state index in [2.05, 4.69) is 6.92 Å². The van der Waals surface area contributed by atoms with Gasteiger partial charge in [-0.2, -0.15) is 0 Å². The van der Waals surface area contributed by atoms with Crippen molar-refractivity contribution in [1.82, 2.24) is 0 Å². The second-order valence-electron chi connectivity index (χ2n) is 6.75. The summed E-state index contributed by atoms with van der Waals surface area (Å²) >= 11 is -0.826. The van der Waals surface area contributed by atoms with E-state index in [1.165, 1.54) is 69.6 Å². The van der Waals surface area contributed by atoms with Gasteiger partial charge in [-0.15, -0.1) is 0 Å². The van der Waals surface area contributed by atoms with Crippen LogP contribution in [0.15, 0.2) is 0 Å². The van der Waals surface area contributed by atoms with Crippen LogP contribution >= 0.6 is 17.0 Å². The van der Waals surface area contributed by atoms with Crippen LogP contribution in [0.3, 0.4) is 0 Å². The Morgan fingerprint density at radius 2 is 1.09 bits per heavy atom. The molecule has 3 saturated carbocycles. The van der Waals surface area contributed by atoms with Gasteiger partial charge in [-0.25, -0.2) is 0 Å². The van der Waals surface area contributed by atoms with Crippen LogP contribution in [-0.4, -0.2) is 0 Å². The first-order chi connectivity index (χ1) is 9.81. The Balaban J connectivity index is 0. The van der Waals surface area contributed by atoms with E-state index in [1.807, 2.05) is 0 Å². The maximum atomic E-state index is 4.93. The number of rotatable bonds is 2. The summed E-state index contributed by atoms with van der Waals surface area (Å²) < 4.78 is 0. The van der Waals surface area contributed by atoms with Crippen molar-refractivity contribution in [3.8, 4) is 0 Å². The molecule has 0 saturated heterocycles. The number of hydrogen-bond donors (Lipinski definition) is 0. The van der Waals surface area contributed by atoms with E-state index < -0.39 is 20.8 Å². The molecule has 3 aliphatic carbocycles. The van der Waals surface area contributed by atoms with Gasteiger partial charge in [-0.1, -0.05) is 90.4 Å². The molecule has 0 bridgehead atoms. The summed E-state index contributed by atoms with van der Waals surface area (Å²) in [6.45, 7) is 2.29. The number of halogens is 2. The van der Waals surface area contributed by atoms with Crippen molar-refractivity contribution < 1.29 is 20.8 Å². The average Bonchev–Trinajstić information content (AvgIpc) is 3.11. The Morgan fingerprint density at radius 3 is 1.50 bits per heavy atom. The molecule has 3 rings (SSSR count). The van der Waals surface area contributed by atoms with Crippen LogP contribution in [0.1, 0.15) is 90.4 Å². The summed E-state index contributed by atoms with van der Waals surface area (Å²) in [5.74, 6) is 3.44. The fourth-order valence-corrected chi connectivity index (χ4v) is 4.39. The van der Waals surface area contributed by atoms with Gasteiger partial charge in [0.1, 0.15) is 0 Å². The van der Waals surface area contributed by atoms with Crippen LogP contribution in [0.25, 0.3) is 0 Å². The van der Waals surface area contributed by atoms with Crippen LogP contribution in [0, 0.1) is 32.6 Å². The fraction of sp³-hybridized carbons (Fsp3) is 0.895. The minimum absolute atomic E-state index is 0. The summed E-state index contributed by atoms with van der Waals surface area (Å²) in [7, 11) is 9.87. The SMILES string of the molecule is C1CCC2CCCC2C1.CCCC1CCCC1.[CH3-].[CH3-].[Cl][Zr+2][Cl]. The van der Waals surface area contributed by atoms with Crippen LogP contribution in [-0.2, 0) is 20.8 Å². The Morgan fingerprint density at radius 1 is 0.727 bits per heavy atom. The van der Waals surface area contributed by atoms with Crippen LogP contribution in [0.4, 0.5) is 0 Å². The van der Waals surface area contributed by atoms with Crippen molar-refractivity contribution in [3.05, 3.63) is 14.9 Å². The summed E-state index contributed by atoms with van der Waals surface area (Å²) in [6.07, 6.45) is 19.8. The molecule has 0 aromatic heterocycles. The zero-order valence-corrected chi connectivity index (χ0v) is 19.2. The van der Waals surface area contributed by atoms with Crippen molar-refractivity contribution >= 4 is 17.0 Å². The number of fused-ring (bicyclic) bond motifs is 1. The Kier molecular flexibility index (Phi) is 20.2. The minimum atomic E-state index is -0.826. The summed E-state index contributed by atoms with van der Waals surface area (Å²) in [4.78, 5) is 0. The van der Waals surface area contributed by atoms with E-state index in [9.17, 15) is 0 Å². The van der Waals surface area contributed by atoms with Crippen molar-refractivity contribution in [2.24, 2.45) is 17.8 Å². The average molecular weight is 429 g/mol. The molecule has 0 nitrogen and oxygen atoms in total. The standard InChI is InChI=1S/C9H16.C8H16.2CH3.2ClH.Zr/c1-2-5-9-7-3-6-8(9)4-1;1-2-5-8-6-3-4-7-8;;;;;/h8-9H,1-7H2;8H,2-7H2,1H3;2*1H3;2*1H;/q;;2*-1;;;+4/p-2. The quantitative estimate of drug-likeness (QED) is 0.389. The first kappa shape index (κ1) is 25.7. The molecule has 0 radical (unpaired) electrons. The zero-order chi connectivity index (χ0) is 14.6. The van der Waals surface area contributed by atoms with Gasteiger partial charge in [-0.3, -0.25) is 0 Å². The van der Waals surface area contributed by atoms with Gasteiger partial charge in [0.25, 0.3) is 0 Å². The molecule has 0 N–H and O–H groups in total. The van der Waals surface area contributed by atoms with Crippen LogP contribution < -0.4 is 0 Å². The predicted octanol–water partition coefficient (Wildman–Crippen LogP) is 8.23. The normalized spacial score (nSPS) is 26.0. The molecule has 3 fully saturated rings. The molecule has 3 aliphatic rings. The van der Waals surface area contributed by atoms with Crippen LogP contribution in [0.5, 0.6) is 0 Å². The second-order valence-corrected chi connectivity index (χ2v) is 10.5. The van der Waals surface area contributed by atoms with Gasteiger partial charge >= 0.3 is 37.9 Å². The molecule has 22 heavy (non-hydrogen) atoms. The van der Waals surface area contributed by atoms with E-state index in [-0.39, 0.29) is 14.9 Å². The van der Waals surface area contributed by atoms with E-state index in [4.69, 9.17) is 17.0 Å². The molecule has 0 spiro atoms. The maximum absolute atomic E-state index is 4.93. The summed E-state index contributed by atoms with van der Waals surface area (Å²) in [5, 5.41) is 0. The van der Waals surface area contributed by atoms with Crippen molar-refractivity contribution in [3.63, 3.8) is 0 Å². The molecule has 2 atom stereocenters. The van der Waals surface area contributed by atoms with E-state index in [1.54, 1.807) is 25.7 Å². The van der Waals surface area contributed by atoms with Gasteiger partial charge in [0.15, 0.2) is 0 Å². The Hall–Kier alpha value is 1.46. The molecule has 0 aliphatic heterocycles. The number of hydrogen-bond acceptors (Lipinski definition) is 0. The predicted molar refractivity (Wildman–Crippen MR) is 101 cm³/mol. The third-order valence-electron chi connectivity index (χ3n) is 5.39. The third kappa shape index (κ3) is 11.1. The van der Waals surface area contributed by atoms with Crippen LogP contribution in [0.2, 0.25) is 0 Å². The molecule has 3 heteroatoms. The molecular formula is C19H38Cl2Zr. The first-order valence-electron chi connectivity index (χ1n) is 8.78. The van der Waals surface area contributed by atoms with Gasteiger partial charge in [0.2, 0.25) is 0 Å². The Bertz CT molecular complexity index is 205. The van der Waals surface area contributed by atoms with E-state index >= 15 is 0 Å². The first-order valence-corrected chi connectivity index (χ1v) is 15.1. The van der Waals surface area contributed by atoms with E-state index in [0.717, 1.165) is 5.92 Å². The van der Waals surface area contributed by atoms with Crippen molar-refractivity contribution in [2.75, 3.05) is 0 Å². The van der Waals surface area contributed by atoms with Crippen molar-refractivity contribution in [2.45, 2.75) is 90.4 Å². The molecule has 0 heterocycles. The molecule has 0 amide bonds. The van der Waals surface area contributed by atoms with E-state index in [0.29, 0.717) is 0 Å². The summed E-state index contributed by atoms with van der Waals surface area (Å²) in [6, 6.07) is 0. The fourth-order valence-electron chi connectivity index (χ4n) is 4.39. The molecule has 0 aromatic rings. The third-order valence-corrected chi connectivity index (χ3v) is 5.39. The molecular weight excluding hydrogens is 390 g/mol. The topological polar surface area (TPSA) is 0 Å². The van der Waals surface area contributed by atoms with Gasteiger partial charge in [-0.05, 0) is 17.8 Å². The molecule has 132 valence electrons. The monoisotopic (exact) mass is 426 g/mol. The Labute approximate surface area is 160 Å². The van der Waals surface area contributed by atoms with Gasteiger partial charge in [0, 0.05) is 0 Å². The molecule has 2 unspecified atom stereocenters. The van der Waals surface area contributed by atoms with Gasteiger partial charge < -0.3 is 14.9 Å². The van der Waals surface area contributed by atoms with Gasteiger partial charge in [0.05, 0.1) is 0 Å². The zero-order valence-electron chi connectivity index (χ0n) is 15.2. The molecule has 0 aromatic carbocycles. The van der Waals surface area contributed by atoms with Crippen molar-refractivity contribution in [1.29, 1.82) is 0 Å². The summed E-state index contributed by atoms with van der Waals surface area (Å²) in [5.41, 5.74) is 0. The second kappa shape index (κ2) is 17.3.